The van der Waals surface area contributed by atoms with Crippen molar-refractivity contribution < 1.29 is 4.79 Å². The highest BCUT2D eigenvalue weighted by atomic mass is 32.1. The number of carbonyl (C=O) groups is 1. The molecule has 1 aromatic carbocycles. The number of benzene rings is 1. The minimum Gasteiger partial charge on any atom is -0.308 e. The Morgan fingerprint density at radius 2 is 2.17 bits per heavy atom. The summed E-state index contributed by atoms with van der Waals surface area (Å²) in [6, 6.07) is 8.74. The lowest BCUT2D eigenvalue weighted by molar-refractivity contribution is 0.244. The lowest BCUT2D eigenvalue weighted by Crippen LogP contribution is -2.31. The van der Waals surface area contributed by atoms with Gasteiger partial charge in [0.25, 0.3) is 0 Å². The monoisotopic (exact) mass is 327 g/mol. The van der Waals surface area contributed by atoms with Gasteiger partial charge < -0.3 is 5.32 Å². The number of amides is 2. The zero-order valence-electron chi connectivity index (χ0n) is 13.3. The Morgan fingerprint density at radius 1 is 1.26 bits per heavy atom. The Morgan fingerprint density at radius 3 is 3.00 bits per heavy atom. The summed E-state index contributed by atoms with van der Waals surface area (Å²) in [5.41, 5.74) is 4.81. The van der Waals surface area contributed by atoms with E-state index in [2.05, 4.69) is 27.7 Å². The molecule has 1 saturated heterocycles. The fourth-order valence-electron chi connectivity index (χ4n) is 3.69. The number of hydrogen-bond donors (Lipinski definition) is 2. The first kappa shape index (κ1) is 14.7. The van der Waals surface area contributed by atoms with Gasteiger partial charge in [-0.25, -0.2) is 4.79 Å². The molecule has 2 amide bonds. The smallest absolute Gasteiger partial charge is 0.308 e. The van der Waals surface area contributed by atoms with Crippen molar-refractivity contribution in [3.63, 3.8) is 0 Å². The molecule has 0 saturated carbocycles. The molecule has 0 radical (unpaired) electrons. The van der Waals surface area contributed by atoms with E-state index in [9.17, 15) is 4.79 Å². The average molecular weight is 327 g/mol. The van der Waals surface area contributed by atoms with Gasteiger partial charge in [-0.1, -0.05) is 6.07 Å². The van der Waals surface area contributed by atoms with Crippen molar-refractivity contribution in [3.05, 3.63) is 46.3 Å². The zero-order valence-corrected chi connectivity index (χ0v) is 14.1. The second-order valence-electron chi connectivity index (χ2n) is 6.37. The van der Waals surface area contributed by atoms with Gasteiger partial charge in [0.2, 0.25) is 0 Å². The molecule has 23 heavy (non-hydrogen) atoms. The van der Waals surface area contributed by atoms with Gasteiger partial charge in [0.1, 0.15) is 0 Å². The van der Waals surface area contributed by atoms with Crippen LogP contribution in [0.1, 0.15) is 35.6 Å². The SMILES string of the molecule is Cc1ccsc1NC(=O)Nc1ccc2c(c1)C1CCCN1CC2. The van der Waals surface area contributed by atoms with Crippen LogP contribution in [0.2, 0.25) is 0 Å². The second kappa shape index (κ2) is 5.98. The van der Waals surface area contributed by atoms with E-state index in [0.29, 0.717) is 6.04 Å². The summed E-state index contributed by atoms with van der Waals surface area (Å²) in [5, 5.41) is 8.79. The maximum absolute atomic E-state index is 12.2. The number of nitrogens with one attached hydrogen (secondary N) is 2. The number of hydrogen-bond acceptors (Lipinski definition) is 3. The number of carbonyl (C=O) groups excluding carboxylic acids is 1. The van der Waals surface area contributed by atoms with Crippen LogP contribution in [-0.4, -0.2) is 24.0 Å². The topological polar surface area (TPSA) is 44.4 Å². The van der Waals surface area contributed by atoms with E-state index in [4.69, 9.17) is 0 Å². The maximum Gasteiger partial charge on any atom is 0.324 e. The van der Waals surface area contributed by atoms with Crippen molar-refractivity contribution in [2.75, 3.05) is 23.7 Å². The lowest BCUT2D eigenvalue weighted by atomic mass is 9.92. The van der Waals surface area contributed by atoms with Gasteiger partial charge in [-0.15, -0.1) is 11.3 Å². The second-order valence-corrected chi connectivity index (χ2v) is 7.29. The van der Waals surface area contributed by atoms with Gasteiger partial charge in [-0.3, -0.25) is 10.2 Å². The van der Waals surface area contributed by atoms with Crippen molar-refractivity contribution in [1.29, 1.82) is 0 Å². The highest BCUT2D eigenvalue weighted by molar-refractivity contribution is 7.14. The Hall–Kier alpha value is -1.85. The van der Waals surface area contributed by atoms with Crippen LogP contribution >= 0.6 is 11.3 Å². The molecule has 0 spiro atoms. The van der Waals surface area contributed by atoms with Gasteiger partial charge >= 0.3 is 6.03 Å². The van der Waals surface area contributed by atoms with Crippen LogP contribution in [0.5, 0.6) is 0 Å². The molecule has 0 aliphatic carbocycles. The first-order valence-corrected chi connectivity index (χ1v) is 9.07. The van der Waals surface area contributed by atoms with Crippen molar-refractivity contribution in [3.8, 4) is 0 Å². The third-order valence-corrected chi connectivity index (χ3v) is 5.82. The molecular formula is C18H21N3OS. The molecule has 1 atom stereocenters. The number of fused-ring (bicyclic) bond motifs is 3. The largest absolute Gasteiger partial charge is 0.324 e. The Balaban J connectivity index is 1.51. The van der Waals surface area contributed by atoms with Gasteiger partial charge in [0.05, 0.1) is 5.00 Å². The highest BCUT2D eigenvalue weighted by Gasteiger charge is 2.31. The van der Waals surface area contributed by atoms with E-state index in [1.165, 1.54) is 37.1 Å². The van der Waals surface area contributed by atoms with Crippen LogP contribution in [0.15, 0.2) is 29.6 Å². The average Bonchev–Trinajstić information content (AvgIpc) is 3.17. The first-order valence-electron chi connectivity index (χ1n) is 8.20. The van der Waals surface area contributed by atoms with Crippen LogP contribution in [-0.2, 0) is 6.42 Å². The van der Waals surface area contributed by atoms with Gasteiger partial charge in [0.15, 0.2) is 0 Å². The molecule has 1 unspecified atom stereocenters. The summed E-state index contributed by atoms with van der Waals surface area (Å²) in [6.45, 7) is 4.38. The van der Waals surface area contributed by atoms with E-state index < -0.39 is 0 Å². The summed E-state index contributed by atoms with van der Waals surface area (Å²) in [6.07, 6.45) is 3.63. The molecule has 2 aliphatic rings. The number of aryl methyl sites for hydroxylation is 1. The third-order valence-electron chi connectivity index (χ3n) is 4.88. The van der Waals surface area contributed by atoms with Gasteiger partial charge in [0, 0.05) is 18.3 Å². The zero-order chi connectivity index (χ0) is 15.8. The summed E-state index contributed by atoms with van der Waals surface area (Å²) in [7, 11) is 0. The predicted molar refractivity (Wildman–Crippen MR) is 95.4 cm³/mol. The summed E-state index contributed by atoms with van der Waals surface area (Å²) < 4.78 is 0. The van der Waals surface area contributed by atoms with E-state index in [-0.39, 0.29) is 6.03 Å². The molecule has 2 N–H and O–H groups in total. The fourth-order valence-corrected chi connectivity index (χ4v) is 4.50. The van der Waals surface area contributed by atoms with Crippen molar-refractivity contribution >= 4 is 28.1 Å². The van der Waals surface area contributed by atoms with E-state index in [1.54, 1.807) is 11.3 Å². The Kier molecular flexibility index (Phi) is 3.83. The van der Waals surface area contributed by atoms with Gasteiger partial charge in [-0.05, 0) is 73.0 Å². The van der Waals surface area contributed by atoms with Gasteiger partial charge in [-0.2, -0.15) is 0 Å². The van der Waals surface area contributed by atoms with Crippen molar-refractivity contribution in [1.82, 2.24) is 4.90 Å². The molecule has 1 fully saturated rings. The summed E-state index contributed by atoms with van der Waals surface area (Å²) in [4.78, 5) is 14.8. The Bertz CT molecular complexity index is 740. The van der Waals surface area contributed by atoms with Crippen molar-refractivity contribution in [2.45, 2.75) is 32.2 Å². The normalized spacial score (nSPS) is 20.0. The fraction of sp³-hybridized carbons (Fsp3) is 0.389. The molecule has 4 nitrogen and oxygen atoms in total. The maximum atomic E-state index is 12.2. The van der Waals surface area contributed by atoms with Crippen LogP contribution in [0, 0.1) is 6.92 Å². The van der Waals surface area contributed by atoms with Crippen LogP contribution < -0.4 is 10.6 Å². The molecule has 120 valence electrons. The highest BCUT2D eigenvalue weighted by Crippen LogP contribution is 2.38. The number of anilines is 2. The lowest BCUT2D eigenvalue weighted by Gasteiger charge is -2.32. The minimum atomic E-state index is -0.172. The Labute approximate surface area is 140 Å². The van der Waals surface area contributed by atoms with Crippen LogP contribution in [0.3, 0.4) is 0 Å². The summed E-state index contributed by atoms with van der Waals surface area (Å²) in [5.74, 6) is 0. The quantitative estimate of drug-likeness (QED) is 0.859. The molecule has 5 heteroatoms. The number of rotatable bonds is 2. The molecule has 3 heterocycles. The molecule has 1 aromatic heterocycles. The third kappa shape index (κ3) is 2.86. The summed E-state index contributed by atoms with van der Waals surface area (Å²) >= 11 is 1.55. The molecule has 4 rings (SSSR count). The van der Waals surface area contributed by atoms with Crippen LogP contribution in [0.4, 0.5) is 15.5 Å². The standard InChI is InChI=1S/C18H21N3OS/c1-12-7-10-23-17(12)20-18(22)19-14-5-4-13-6-9-21-8-2-3-16(21)15(13)11-14/h4-5,7,10-11,16H,2-3,6,8-9H2,1H3,(H2,19,20,22). The minimum absolute atomic E-state index is 0.172. The van der Waals surface area contributed by atoms with E-state index in [0.717, 1.165) is 22.7 Å². The molecule has 2 aliphatic heterocycles. The number of urea groups is 1. The molecule has 2 aromatic rings. The van der Waals surface area contributed by atoms with E-state index in [1.807, 2.05) is 24.4 Å². The predicted octanol–water partition coefficient (Wildman–Crippen LogP) is 4.39. The number of nitrogens with zero attached hydrogens (tertiary/aromatic N) is 1. The van der Waals surface area contributed by atoms with Crippen LogP contribution in [0.25, 0.3) is 0 Å². The number of thiophene rings is 1. The van der Waals surface area contributed by atoms with Crippen molar-refractivity contribution in [2.24, 2.45) is 0 Å². The molecular weight excluding hydrogens is 306 g/mol. The first-order chi connectivity index (χ1) is 11.2. The molecule has 0 bridgehead atoms. The van der Waals surface area contributed by atoms with E-state index >= 15 is 0 Å².